The van der Waals surface area contributed by atoms with Gasteiger partial charge in [-0.1, -0.05) is 6.07 Å². The molecule has 0 unspecified atom stereocenters. The van der Waals surface area contributed by atoms with Gasteiger partial charge < -0.3 is 15.0 Å². The van der Waals surface area contributed by atoms with Crippen LogP contribution in [0.15, 0.2) is 12.1 Å². The number of imidazole rings is 1. The molecule has 4 nitrogen and oxygen atoms in total. The van der Waals surface area contributed by atoms with Gasteiger partial charge >= 0.3 is 0 Å². The first-order valence-corrected chi connectivity index (χ1v) is 8.06. The van der Waals surface area contributed by atoms with E-state index in [1.54, 1.807) is 7.11 Å². The number of aryl methyl sites for hydroxylation is 2. The molecule has 0 aliphatic heterocycles. The molecule has 2 aromatic rings. The van der Waals surface area contributed by atoms with Crippen molar-refractivity contribution < 1.29 is 4.74 Å². The summed E-state index contributed by atoms with van der Waals surface area (Å²) in [5, 5.41) is 3.55. The van der Waals surface area contributed by atoms with Gasteiger partial charge in [0.2, 0.25) is 0 Å². The van der Waals surface area contributed by atoms with Crippen LogP contribution in [0.4, 0.5) is 0 Å². The number of fused-ring (bicyclic) bond motifs is 1. The van der Waals surface area contributed by atoms with Crippen LogP contribution in [0, 0.1) is 13.8 Å². The number of benzene rings is 1. The second-order valence-electron chi connectivity index (χ2n) is 6.86. The summed E-state index contributed by atoms with van der Waals surface area (Å²) in [6.07, 6.45) is 1.90. The van der Waals surface area contributed by atoms with Crippen LogP contribution in [0.1, 0.15) is 44.1 Å². The summed E-state index contributed by atoms with van der Waals surface area (Å²) < 4.78 is 5.48. The van der Waals surface area contributed by atoms with Gasteiger partial charge in [-0.3, -0.25) is 0 Å². The number of methoxy groups -OCH3 is 1. The molecule has 22 heavy (non-hydrogen) atoms. The molecular weight excluding hydrogens is 274 g/mol. The third-order valence-electron chi connectivity index (χ3n) is 4.43. The summed E-state index contributed by atoms with van der Waals surface area (Å²) >= 11 is 0. The van der Waals surface area contributed by atoms with Crippen molar-refractivity contribution in [1.29, 1.82) is 0 Å². The minimum absolute atomic E-state index is 0.0829. The molecule has 1 aromatic heterocycles. The molecule has 4 heteroatoms. The molecule has 0 spiro atoms. The Hall–Kier alpha value is -1.39. The molecule has 0 saturated carbocycles. The Bertz CT molecular complexity index is 631. The minimum Gasteiger partial charge on any atom is -0.379 e. The highest BCUT2D eigenvalue weighted by Gasteiger charge is 2.19. The second-order valence-corrected chi connectivity index (χ2v) is 6.86. The Labute approximate surface area is 133 Å². The first kappa shape index (κ1) is 17.0. The van der Waals surface area contributed by atoms with Gasteiger partial charge in [0.15, 0.2) is 0 Å². The van der Waals surface area contributed by atoms with Gasteiger partial charge in [-0.15, -0.1) is 0 Å². The van der Waals surface area contributed by atoms with Crippen LogP contribution in [0.2, 0.25) is 0 Å². The highest BCUT2D eigenvalue weighted by atomic mass is 16.5. The Morgan fingerprint density at radius 3 is 2.73 bits per heavy atom. The quantitative estimate of drug-likeness (QED) is 0.823. The summed E-state index contributed by atoms with van der Waals surface area (Å²) in [6.45, 7) is 11.6. The number of nitrogens with zero attached hydrogens (tertiary/aromatic N) is 1. The maximum atomic E-state index is 5.48. The third kappa shape index (κ3) is 4.08. The number of aromatic amines is 1. The van der Waals surface area contributed by atoms with Gasteiger partial charge in [-0.25, -0.2) is 4.98 Å². The van der Waals surface area contributed by atoms with Crippen LogP contribution >= 0.6 is 0 Å². The van der Waals surface area contributed by atoms with E-state index in [4.69, 9.17) is 9.72 Å². The molecule has 0 amide bonds. The Kier molecular flexibility index (Phi) is 5.24. The smallest absolute Gasteiger partial charge is 0.108 e. The molecule has 122 valence electrons. The summed E-state index contributed by atoms with van der Waals surface area (Å²) in [4.78, 5) is 8.16. The molecular formula is C18H29N3O. The molecule has 0 bridgehead atoms. The van der Waals surface area contributed by atoms with E-state index in [-0.39, 0.29) is 5.60 Å². The van der Waals surface area contributed by atoms with Gasteiger partial charge in [-0.05, 0) is 58.2 Å². The molecule has 2 rings (SSSR count). The number of hydrogen-bond donors (Lipinski definition) is 2. The standard InChI is InChI=1S/C18H29N3O/c1-12-7-8-15-17(14(12)3)21-16(20-15)9-10-19-13(2)11-18(4,5)22-6/h7-8,13,19H,9-11H2,1-6H3,(H,20,21)/t13-/m1/s1. The summed E-state index contributed by atoms with van der Waals surface area (Å²) in [6, 6.07) is 4.68. The minimum atomic E-state index is -0.0829. The summed E-state index contributed by atoms with van der Waals surface area (Å²) in [7, 11) is 1.77. The van der Waals surface area contributed by atoms with Crippen molar-refractivity contribution in [1.82, 2.24) is 15.3 Å². The van der Waals surface area contributed by atoms with E-state index in [0.29, 0.717) is 6.04 Å². The van der Waals surface area contributed by atoms with Crippen LogP contribution in [0.3, 0.4) is 0 Å². The van der Waals surface area contributed by atoms with Crippen molar-refractivity contribution in [3.63, 3.8) is 0 Å². The Balaban J connectivity index is 1.91. The molecule has 0 fully saturated rings. The van der Waals surface area contributed by atoms with Crippen LogP contribution in [-0.2, 0) is 11.2 Å². The first-order chi connectivity index (χ1) is 10.3. The van der Waals surface area contributed by atoms with Gasteiger partial charge in [0, 0.05) is 26.1 Å². The van der Waals surface area contributed by atoms with Gasteiger partial charge in [0.25, 0.3) is 0 Å². The highest BCUT2D eigenvalue weighted by molar-refractivity contribution is 5.79. The molecule has 1 atom stereocenters. The Morgan fingerprint density at radius 2 is 2.05 bits per heavy atom. The predicted molar refractivity (Wildman–Crippen MR) is 92.4 cm³/mol. The fourth-order valence-corrected chi connectivity index (χ4v) is 2.81. The van der Waals surface area contributed by atoms with E-state index in [2.05, 4.69) is 57.1 Å². The summed E-state index contributed by atoms with van der Waals surface area (Å²) in [5.41, 5.74) is 4.71. The molecule has 1 aromatic carbocycles. The number of nitrogens with one attached hydrogen (secondary N) is 2. The number of aromatic nitrogens is 2. The van der Waals surface area contributed by atoms with E-state index in [0.717, 1.165) is 36.2 Å². The summed E-state index contributed by atoms with van der Waals surface area (Å²) in [5.74, 6) is 1.05. The van der Waals surface area contributed by atoms with E-state index < -0.39 is 0 Å². The number of hydrogen-bond acceptors (Lipinski definition) is 3. The van der Waals surface area contributed by atoms with Crippen molar-refractivity contribution in [3.05, 3.63) is 29.1 Å². The van der Waals surface area contributed by atoms with Crippen LogP contribution in [0.25, 0.3) is 11.0 Å². The van der Waals surface area contributed by atoms with Crippen molar-refractivity contribution in [2.24, 2.45) is 0 Å². The molecule has 1 heterocycles. The molecule has 2 N–H and O–H groups in total. The largest absolute Gasteiger partial charge is 0.379 e. The lowest BCUT2D eigenvalue weighted by Gasteiger charge is -2.27. The van der Waals surface area contributed by atoms with Crippen molar-refractivity contribution >= 4 is 11.0 Å². The van der Waals surface area contributed by atoms with Gasteiger partial charge in [0.05, 0.1) is 16.6 Å². The van der Waals surface area contributed by atoms with Crippen molar-refractivity contribution in [2.45, 2.75) is 59.1 Å². The monoisotopic (exact) mass is 303 g/mol. The van der Waals surface area contributed by atoms with E-state index in [1.807, 2.05) is 0 Å². The molecule has 0 radical (unpaired) electrons. The van der Waals surface area contributed by atoms with E-state index in [1.165, 1.54) is 11.1 Å². The predicted octanol–water partition coefficient (Wildman–Crippen LogP) is 3.52. The molecule has 0 aliphatic rings. The van der Waals surface area contributed by atoms with Gasteiger partial charge in [-0.2, -0.15) is 0 Å². The lowest BCUT2D eigenvalue weighted by molar-refractivity contribution is 0.00864. The lowest BCUT2D eigenvalue weighted by Crippen LogP contribution is -2.36. The number of H-pyrrole nitrogens is 1. The Morgan fingerprint density at radius 1 is 1.32 bits per heavy atom. The zero-order chi connectivity index (χ0) is 16.3. The fraction of sp³-hybridized carbons (Fsp3) is 0.611. The molecule has 0 saturated heterocycles. The second kappa shape index (κ2) is 6.80. The normalized spacial score (nSPS) is 13.7. The van der Waals surface area contributed by atoms with E-state index in [9.17, 15) is 0 Å². The van der Waals surface area contributed by atoms with Crippen LogP contribution in [-0.4, -0.2) is 35.3 Å². The lowest BCUT2D eigenvalue weighted by atomic mass is 10.00. The zero-order valence-corrected chi connectivity index (χ0v) is 14.7. The number of rotatable bonds is 7. The SMILES string of the molecule is COC(C)(C)C[C@@H](C)NCCc1nc2c(C)c(C)ccc2[nH]1. The third-order valence-corrected chi connectivity index (χ3v) is 4.43. The maximum Gasteiger partial charge on any atom is 0.108 e. The average Bonchev–Trinajstić information content (AvgIpc) is 2.86. The topological polar surface area (TPSA) is 49.9 Å². The van der Waals surface area contributed by atoms with Crippen LogP contribution in [0.5, 0.6) is 0 Å². The van der Waals surface area contributed by atoms with Gasteiger partial charge in [0.1, 0.15) is 5.82 Å². The van der Waals surface area contributed by atoms with E-state index >= 15 is 0 Å². The molecule has 0 aliphatic carbocycles. The van der Waals surface area contributed by atoms with Crippen LogP contribution < -0.4 is 5.32 Å². The fourth-order valence-electron chi connectivity index (χ4n) is 2.81. The highest BCUT2D eigenvalue weighted by Crippen LogP contribution is 2.19. The zero-order valence-electron chi connectivity index (χ0n) is 14.7. The first-order valence-electron chi connectivity index (χ1n) is 8.06. The van der Waals surface area contributed by atoms with Crippen molar-refractivity contribution in [2.75, 3.05) is 13.7 Å². The maximum absolute atomic E-state index is 5.48. The van der Waals surface area contributed by atoms with Crippen molar-refractivity contribution in [3.8, 4) is 0 Å². The number of ether oxygens (including phenoxy) is 1. The average molecular weight is 303 g/mol.